The molecule has 1 N–H and O–H groups in total. The molecule has 0 saturated carbocycles. The Morgan fingerprint density at radius 2 is 1.76 bits per heavy atom. The van der Waals surface area contributed by atoms with E-state index in [2.05, 4.69) is 29.6 Å². The van der Waals surface area contributed by atoms with E-state index in [1.54, 1.807) is 12.1 Å². The lowest BCUT2D eigenvalue weighted by Crippen LogP contribution is -2.37. The second kappa shape index (κ2) is 8.04. The molecule has 0 radical (unpaired) electrons. The monoisotopic (exact) mass is 353 g/mol. The number of rotatable bonds is 6. The summed E-state index contributed by atoms with van der Waals surface area (Å²) in [4.78, 5) is 12.4. The van der Waals surface area contributed by atoms with Crippen LogP contribution in [-0.2, 0) is 11.3 Å². The summed E-state index contributed by atoms with van der Waals surface area (Å²) >= 11 is 6.10. The van der Waals surface area contributed by atoms with E-state index in [-0.39, 0.29) is 5.91 Å². The van der Waals surface area contributed by atoms with Gasteiger partial charge in [0, 0.05) is 6.54 Å². The van der Waals surface area contributed by atoms with Crippen molar-refractivity contribution < 1.29 is 9.53 Å². The lowest BCUT2D eigenvalue weighted by molar-refractivity contribution is -0.128. The van der Waals surface area contributed by atoms with E-state index in [1.165, 1.54) is 5.39 Å². The first kappa shape index (κ1) is 17.3. The number of hydrogen-bond acceptors (Lipinski definition) is 2. The molecule has 0 aliphatic carbocycles. The van der Waals surface area contributed by atoms with Crippen LogP contribution in [0.1, 0.15) is 18.9 Å². The van der Waals surface area contributed by atoms with E-state index in [4.69, 9.17) is 16.3 Å². The van der Waals surface area contributed by atoms with Crippen molar-refractivity contribution in [2.24, 2.45) is 0 Å². The molecule has 0 spiro atoms. The molecule has 0 aliphatic heterocycles. The lowest BCUT2D eigenvalue weighted by Gasteiger charge is -2.18. The van der Waals surface area contributed by atoms with Gasteiger partial charge in [0.05, 0.1) is 5.02 Å². The molecule has 3 aromatic carbocycles. The number of carbonyl (C=O) groups is 1. The fourth-order valence-electron chi connectivity index (χ4n) is 2.67. The minimum atomic E-state index is -0.569. The van der Waals surface area contributed by atoms with Crippen molar-refractivity contribution in [3.05, 3.63) is 77.3 Å². The third kappa shape index (κ3) is 4.31. The van der Waals surface area contributed by atoms with Crippen LogP contribution in [0, 0.1) is 0 Å². The van der Waals surface area contributed by atoms with Crippen LogP contribution in [0.25, 0.3) is 10.8 Å². The Balaban J connectivity index is 1.64. The van der Waals surface area contributed by atoms with Gasteiger partial charge < -0.3 is 10.1 Å². The quantitative estimate of drug-likeness (QED) is 0.679. The number of nitrogens with one attached hydrogen (secondary N) is 1. The molecule has 3 rings (SSSR count). The SMILES string of the molecule is CC[C@H](Oc1ccccc1Cl)C(=O)NCc1ccc2ccccc2c1. The van der Waals surface area contributed by atoms with Crippen LogP contribution in [0.2, 0.25) is 5.02 Å². The molecule has 3 aromatic rings. The van der Waals surface area contributed by atoms with E-state index in [0.717, 1.165) is 10.9 Å². The number of benzene rings is 3. The van der Waals surface area contributed by atoms with Gasteiger partial charge in [0.25, 0.3) is 5.91 Å². The van der Waals surface area contributed by atoms with Crippen molar-refractivity contribution in [1.82, 2.24) is 5.32 Å². The molecule has 4 heteroatoms. The van der Waals surface area contributed by atoms with Gasteiger partial charge in [-0.25, -0.2) is 0 Å². The molecule has 0 saturated heterocycles. The van der Waals surface area contributed by atoms with Crippen molar-refractivity contribution in [3.8, 4) is 5.75 Å². The summed E-state index contributed by atoms with van der Waals surface area (Å²) in [5, 5.41) is 5.80. The predicted molar refractivity (Wildman–Crippen MR) is 102 cm³/mol. The van der Waals surface area contributed by atoms with Gasteiger partial charge in [0.2, 0.25) is 0 Å². The molecular formula is C21H20ClNO2. The maximum Gasteiger partial charge on any atom is 0.261 e. The first-order valence-corrected chi connectivity index (χ1v) is 8.71. The highest BCUT2D eigenvalue weighted by Crippen LogP contribution is 2.25. The van der Waals surface area contributed by atoms with Crippen molar-refractivity contribution in [2.75, 3.05) is 0 Å². The first-order valence-electron chi connectivity index (χ1n) is 8.34. The van der Waals surface area contributed by atoms with Crippen molar-refractivity contribution >= 4 is 28.3 Å². The molecule has 128 valence electrons. The van der Waals surface area contributed by atoms with E-state index in [0.29, 0.717) is 23.7 Å². The summed E-state index contributed by atoms with van der Waals surface area (Å²) in [6.07, 6.45) is -0.00485. The molecule has 0 heterocycles. The second-order valence-corrected chi connectivity index (χ2v) is 6.25. The Morgan fingerprint density at radius 1 is 1.04 bits per heavy atom. The fraction of sp³-hybridized carbons (Fsp3) is 0.190. The average molecular weight is 354 g/mol. The summed E-state index contributed by atoms with van der Waals surface area (Å²) in [7, 11) is 0. The molecule has 1 amide bonds. The predicted octanol–water partition coefficient (Wildman–Crippen LogP) is 4.97. The van der Waals surface area contributed by atoms with Gasteiger partial charge in [-0.2, -0.15) is 0 Å². The molecule has 0 aliphatic rings. The van der Waals surface area contributed by atoms with Gasteiger partial charge in [0.15, 0.2) is 6.10 Å². The number of halogens is 1. The Hall–Kier alpha value is -2.52. The largest absolute Gasteiger partial charge is 0.479 e. The molecule has 25 heavy (non-hydrogen) atoms. The van der Waals surface area contributed by atoms with Gasteiger partial charge in [0.1, 0.15) is 5.75 Å². The van der Waals surface area contributed by atoms with E-state index < -0.39 is 6.10 Å². The summed E-state index contributed by atoms with van der Waals surface area (Å²) in [5.41, 5.74) is 1.06. The number of ether oxygens (including phenoxy) is 1. The van der Waals surface area contributed by atoms with Crippen molar-refractivity contribution in [2.45, 2.75) is 26.0 Å². The summed E-state index contributed by atoms with van der Waals surface area (Å²) in [6.45, 7) is 2.38. The van der Waals surface area contributed by atoms with E-state index in [9.17, 15) is 4.79 Å². The Bertz CT molecular complexity index is 878. The summed E-state index contributed by atoms with van der Waals surface area (Å²) in [5.74, 6) is 0.382. The number of amides is 1. The van der Waals surface area contributed by atoms with Gasteiger partial charge in [-0.15, -0.1) is 0 Å². The zero-order chi connectivity index (χ0) is 17.6. The van der Waals surface area contributed by atoms with Gasteiger partial charge in [-0.3, -0.25) is 4.79 Å². The highest BCUT2D eigenvalue weighted by atomic mass is 35.5. The Morgan fingerprint density at radius 3 is 2.52 bits per heavy atom. The number of hydrogen-bond donors (Lipinski definition) is 1. The zero-order valence-electron chi connectivity index (χ0n) is 14.0. The van der Waals surface area contributed by atoms with E-state index in [1.807, 2.05) is 37.3 Å². The molecular weight excluding hydrogens is 334 g/mol. The second-order valence-electron chi connectivity index (χ2n) is 5.84. The highest BCUT2D eigenvalue weighted by Gasteiger charge is 2.19. The van der Waals surface area contributed by atoms with Gasteiger partial charge in [-0.05, 0) is 41.0 Å². The molecule has 0 unspecified atom stereocenters. The van der Waals surface area contributed by atoms with Crippen molar-refractivity contribution in [1.29, 1.82) is 0 Å². The molecule has 0 aromatic heterocycles. The molecule has 1 atom stereocenters. The summed E-state index contributed by atoms with van der Waals surface area (Å²) in [6, 6.07) is 21.5. The average Bonchev–Trinajstić information content (AvgIpc) is 2.65. The normalized spacial score (nSPS) is 11.9. The number of para-hydroxylation sites is 1. The van der Waals surface area contributed by atoms with E-state index >= 15 is 0 Å². The highest BCUT2D eigenvalue weighted by molar-refractivity contribution is 6.32. The van der Waals surface area contributed by atoms with Crippen molar-refractivity contribution in [3.63, 3.8) is 0 Å². The summed E-state index contributed by atoms with van der Waals surface area (Å²) < 4.78 is 5.77. The fourth-order valence-corrected chi connectivity index (χ4v) is 2.85. The first-order chi connectivity index (χ1) is 12.2. The minimum Gasteiger partial charge on any atom is -0.479 e. The molecule has 3 nitrogen and oxygen atoms in total. The number of carbonyl (C=O) groups excluding carboxylic acids is 1. The van der Waals surface area contributed by atoms with Gasteiger partial charge >= 0.3 is 0 Å². The van der Waals surface area contributed by atoms with Crippen LogP contribution in [0.3, 0.4) is 0 Å². The molecule has 0 fully saturated rings. The minimum absolute atomic E-state index is 0.143. The topological polar surface area (TPSA) is 38.3 Å². The van der Waals surface area contributed by atoms with Crippen LogP contribution in [0.15, 0.2) is 66.7 Å². The Kier molecular flexibility index (Phi) is 5.56. The standard InChI is InChI=1S/C21H20ClNO2/c1-2-19(25-20-10-6-5-9-18(20)22)21(24)23-14-15-11-12-16-7-3-4-8-17(16)13-15/h3-13,19H,2,14H2,1H3,(H,23,24)/t19-/m0/s1. The van der Waals surface area contributed by atoms with Crippen LogP contribution < -0.4 is 10.1 Å². The smallest absolute Gasteiger partial charge is 0.261 e. The van der Waals surface area contributed by atoms with Crippen LogP contribution in [0.4, 0.5) is 0 Å². The molecule has 0 bridgehead atoms. The lowest BCUT2D eigenvalue weighted by atomic mass is 10.1. The third-order valence-corrected chi connectivity index (χ3v) is 4.36. The third-order valence-electron chi connectivity index (χ3n) is 4.05. The maximum absolute atomic E-state index is 12.4. The Labute approximate surface area is 152 Å². The number of fused-ring (bicyclic) bond motifs is 1. The zero-order valence-corrected chi connectivity index (χ0v) is 14.8. The van der Waals surface area contributed by atoms with Crippen LogP contribution in [-0.4, -0.2) is 12.0 Å². The van der Waals surface area contributed by atoms with Gasteiger partial charge in [-0.1, -0.05) is 67.1 Å². The van der Waals surface area contributed by atoms with Crippen LogP contribution in [0.5, 0.6) is 5.75 Å². The maximum atomic E-state index is 12.4. The van der Waals surface area contributed by atoms with Crippen LogP contribution >= 0.6 is 11.6 Å².